The molecule has 33 heavy (non-hydrogen) atoms. The van der Waals surface area contributed by atoms with Gasteiger partial charge in [-0.1, -0.05) is 64.0 Å². The second-order valence-corrected chi connectivity index (χ2v) is 9.99. The molecule has 4 rings (SSSR count). The highest BCUT2D eigenvalue weighted by atomic mass is 79.9. The van der Waals surface area contributed by atoms with Crippen molar-refractivity contribution in [1.29, 1.82) is 0 Å². The molecule has 0 spiro atoms. The van der Waals surface area contributed by atoms with Crippen molar-refractivity contribution in [2.24, 2.45) is 4.99 Å². The Morgan fingerprint density at radius 3 is 2.42 bits per heavy atom. The van der Waals surface area contributed by atoms with E-state index in [4.69, 9.17) is 9.73 Å². The van der Waals surface area contributed by atoms with Crippen molar-refractivity contribution in [1.82, 2.24) is 4.90 Å². The van der Waals surface area contributed by atoms with Crippen LogP contribution in [0.3, 0.4) is 0 Å². The number of para-hydroxylation sites is 1. The van der Waals surface area contributed by atoms with Crippen LogP contribution in [0.1, 0.15) is 30.5 Å². The molecule has 0 aliphatic carbocycles. The van der Waals surface area contributed by atoms with E-state index < -0.39 is 0 Å². The number of carbonyl (C=O) groups is 1. The van der Waals surface area contributed by atoms with Crippen LogP contribution in [0.4, 0.5) is 5.69 Å². The molecule has 1 saturated heterocycles. The van der Waals surface area contributed by atoms with E-state index in [9.17, 15) is 4.79 Å². The molecule has 0 atom stereocenters. The van der Waals surface area contributed by atoms with Gasteiger partial charge in [0.15, 0.2) is 5.17 Å². The van der Waals surface area contributed by atoms with Gasteiger partial charge in [0.05, 0.1) is 10.6 Å². The molecule has 168 valence electrons. The van der Waals surface area contributed by atoms with Gasteiger partial charge in [-0.3, -0.25) is 9.69 Å². The number of aliphatic imine (C=N–C) groups is 1. The Morgan fingerprint density at radius 1 is 1.03 bits per heavy atom. The summed E-state index contributed by atoms with van der Waals surface area (Å²) in [5.41, 5.74) is 3.95. The number of aryl methyl sites for hydroxylation is 1. The molecule has 1 aliphatic heterocycles. The quantitative estimate of drug-likeness (QED) is 0.319. The minimum Gasteiger partial charge on any atom is -0.488 e. The summed E-state index contributed by atoms with van der Waals surface area (Å²) in [6.45, 7) is 6.50. The Morgan fingerprint density at radius 2 is 1.73 bits per heavy atom. The molecule has 0 saturated carbocycles. The van der Waals surface area contributed by atoms with Crippen LogP contribution >= 0.6 is 27.7 Å². The van der Waals surface area contributed by atoms with E-state index in [-0.39, 0.29) is 11.9 Å². The fourth-order valence-electron chi connectivity index (χ4n) is 3.36. The number of nitrogens with zero attached hydrogens (tertiary/aromatic N) is 2. The first-order valence-corrected chi connectivity index (χ1v) is 12.4. The van der Waals surface area contributed by atoms with Crippen molar-refractivity contribution in [2.45, 2.75) is 33.4 Å². The van der Waals surface area contributed by atoms with Crippen LogP contribution in [0.5, 0.6) is 5.75 Å². The van der Waals surface area contributed by atoms with Gasteiger partial charge in [0.25, 0.3) is 5.91 Å². The summed E-state index contributed by atoms with van der Waals surface area (Å²) in [5.74, 6) is 0.699. The van der Waals surface area contributed by atoms with Crippen molar-refractivity contribution < 1.29 is 9.53 Å². The minimum atomic E-state index is -0.0384. The molecule has 1 amide bonds. The molecule has 0 N–H and O–H groups in total. The maximum absolute atomic E-state index is 13.2. The van der Waals surface area contributed by atoms with Crippen LogP contribution < -0.4 is 4.74 Å². The average Bonchev–Trinajstić information content (AvgIpc) is 3.10. The smallest absolute Gasteiger partial charge is 0.266 e. The zero-order chi connectivity index (χ0) is 23.4. The fraction of sp³-hybridized carbons (Fsp3) is 0.185. The summed E-state index contributed by atoms with van der Waals surface area (Å²) in [7, 11) is 0. The number of hydrogen-bond donors (Lipinski definition) is 0. The van der Waals surface area contributed by atoms with Gasteiger partial charge in [-0.15, -0.1) is 0 Å². The largest absolute Gasteiger partial charge is 0.488 e. The molecule has 3 aromatic carbocycles. The van der Waals surface area contributed by atoms with Gasteiger partial charge >= 0.3 is 0 Å². The van der Waals surface area contributed by atoms with Gasteiger partial charge in [0.2, 0.25) is 0 Å². The number of hydrogen-bond acceptors (Lipinski definition) is 4. The number of ether oxygens (including phenoxy) is 1. The molecule has 6 heteroatoms. The van der Waals surface area contributed by atoms with Gasteiger partial charge in [-0.2, -0.15) is 0 Å². The first-order chi connectivity index (χ1) is 15.9. The van der Waals surface area contributed by atoms with Crippen LogP contribution in [0.25, 0.3) is 6.08 Å². The zero-order valence-electron chi connectivity index (χ0n) is 18.8. The fourth-order valence-corrected chi connectivity index (χ4v) is 4.74. The van der Waals surface area contributed by atoms with Crippen LogP contribution in [-0.2, 0) is 11.4 Å². The lowest BCUT2D eigenvalue weighted by atomic mass is 10.1. The number of thioether (sulfide) groups is 1. The number of rotatable bonds is 6. The van der Waals surface area contributed by atoms with Crippen LogP contribution in [-0.4, -0.2) is 22.0 Å². The summed E-state index contributed by atoms with van der Waals surface area (Å²) in [4.78, 5) is 20.4. The van der Waals surface area contributed by atoms with Crippen LogP contribution in [0, 0.1) is 6.92 Å². The van der Waals surface area contributed by atoms with Gasteiger partial charge < -0.3 is 4.74 Å². The Labute approximate surface area is 207 Å². The lowest BCUT2D eigenvalue weighted by Gasteiger charge is -2.19. The first kappa shape index (κ1) is 23.3. The highest BCUT2D eigenvalue weighted by Gasteiger charge is 2.35. The van der Waals surface area contributed by atoms with Crippen molar-refractivity contribution in [3.63, 3.8) is 0 Å². The van der Waals surface area contributed by atoms with Crippen molar-refractivity contribution >= 4 is 50.5 Å². The van der Waals surface area contributed by atoms with Crippen LogP contribution in [0.15, 0.2) is 87.2 Å². The van der Waals surface area contributed by atoms with Crippen molar-refractivity contribution in [3.8, 4) is 5.75 Å². The molecule has 1 aliphatic rings. The van der Waals surface area contributed by atoms with E-state index in [2.05, 4.69) is 15.9 Å². The van der Waals surface area contributed by atoms with Gasteiger partial charge in [-0.05, 0) is 74.5 Å². The molecule has 1 fully saturated rings. The van der Waals surface area contributed by atoms with E-state index in [1.807, 2.05) is 99.6 Å². The molecule has 0 unspecified atom stereocenters. The molecule has 0 aromatic heterocycles. The maximum atomic E-state index is 13.2. The third kappa shape index (κ3) is 5.75. The lowest BCUT2D eigenvalue weighted by molar-refractivity contribution is -0.123. The van der Waals surface area contributed by atoms with E-state index in [1.165, 1.54) is 17.3 Å². The van der Waals surface area contributed by atoms with Crippen LogP contribution in [0.2, 0.25) is 0 Å². The topological polar surface area (TPSA) is 41.9 Å². The Balaban J connectivity index is 1.60. The SMILES string of the molecule is Cc1ccc(N=C2S/C(=C/c3ccccc3OCc3ccc(Br)cc3)C(=O)N2C(C)C)cc1. The third-order valence-electron chi connectivity index (χ3n) is 5.13. The molecule has 0 radical (unpaired) electrons. The normalized spacial score (nSPS) is 16.3. The number of halogens is 1. The summed E-state index contributed by atoms with van der Waals surface area (Å²) < 4.78 is 7.13. The molecule has 4 nitrogen and oxygen atoms in total. The lowest BCUT2D eigenvalue weighted by Crippen LogP contribution is -2.35. The highest BCUT2D eigenvalue weighted by molar-refractivity contribution is 9.10. The second kappa shape index (κ2) is 10.4. The Bertz CT molecular complexity index is 1200. The summed E-state index contributed by atoms with van der Waals surface area (Å²) in [5, 5.41) is 0.693. The highest BCUT2D eigenvalue weighted by Crippen LogP contribution is 2.36. The maximum Gasteiger partial charge on any atom is 0.266 e. The predicted octanol–water partition coefficient (Wildman–Crippen LogP) is 7.35. The minimum absolute atomic E-state index is 0.00370. The Hall–Kier alpha value is -2.83. The average molecular weight is 521 g/mol. The molecular formula is C27H25BrN2O2S. The predicted molar refractivity (Wildman–Crippen MR) is 141 cm³/mol. The molecular weight excluding hydrogens is 496 g/mol. The summed E-state index contributed by atoms with van der Waals surface area (Å²) in [6, 6.07) is 23.8. The molecule has 1 heterocycles. The van der Waals surface area contributed by atoms with E-state index in [0.717, 1.165) is 27.0 Å². The van der Waals surface area contributed by atoms with Crippen molar-refractivity contribution in [2.75, 3.05) is 0 Å². The summed E-state index contributed by atoms with van der Waals surface area (Å²) in [6.07, 6.45) is 1.90. The summed E-state index contributed by atoms with van der Waals surface area (Å²) >= 11 is 4.86. The Kier molecular flexibility index (Phi) is 7.36. The van der Waals surface area contributed by atoms with E-state index in [1.54, 1.807) is 4.90 Å². The number of benzene rings is 3. The van der Waals surface area contributed by atoms with Gasteiger partial charge in [0, 0.05) is 16.1 Å². The number of amides is 1. The molecule has 3 aromatic rings. The second-order valence-electron chi connectivity index (χ2n) is 8.06. The number of amidine groups is 1. The van der Waals surface area contributed by atoms with E-state index >= 15 is 0 Å². The van der Waals surface area contributed by atoms with Crippen molar-refractivity contribution in [3.05, 3.63) is 98.9 Å². The number of carbonyl (C=O) groups excluding carboxylic acids is 1. The van der Waals surface area contributed by atoms with Gasteiger partial charge in [0.1, 0.15) is 12.4 Å². The monoisotopic (exact) mass is 520 g/mol. The first-order valence-electron chi connectivity index (χ1n) is 10.8. The standard InChI is InChI=1S/C27H25BrN2O2S/c1-18(2)30-26(31)25(33-27(30)29-23-14-8-19(3)9-15-23)16-21-6-4-5-7-24(21)32-17-20-10-12-22(28)13-11-20/h4-16,18H,17H2,1-3H3/b25-16+,29-27?. The van der Waals surface area contributed by atoms with Gasteiger partial charge in [-0.25, -0.2) is 4.99 Å². The molecule has 0 bridgehead atoms. The van der Waals surface area contributed by atoms with E-state index in [0.29, 0.717) is 16.7 Å². The third-order valence-corrected chi connectivity index (χ3v) is 6.64. The zero-order valence-corrected chi connectivity index (χ0v) is 21.2.